The van der Waals surface area contributed by atoms with Crippen LogP contribution in [0.25, 0.3) is 0 Å². The molecule has 0 heterocycles. The first kappa shape index (κ1) is 10.2. The predicted molar refractivity (Wildman–Crippen MR) is 51.0 cm³/mol. The minimum Gasteiger partial charge on any atom is -0.337 e. The molecule has 0 aromatic carbocycles. The molecular formula is C8H21NSi. The molecule has 0 amide bonds. The molecule has 62 valence electrons. The van der Waals surface area contributed by atoms with Gasteiger partial charge < -0.3 is 4.98 Å². The highest BCUT2D eigenvalue weighted by atomic mass is 28.3. The van der Waals surface area contributed by atoms with Crippen LogP contribution in [0.1, 0.15) is 34.6 Å². The Morgan fingerprint density at radius 1 is 1.20 bits per heavy atom. The summed E-state index contributed by atoms with van der Waals surface area (Å²) in [6.07, 6.45) is 0. The molecule has 0 aliphatic carbocycles. The molecule has 0 aliphatic rings. The van der Waals surface area contributed by atoms with E-state index in [4.69, 9.17) is 0 Å². The summed E-state index contributed by atoms with van der Waals surface area (Å²) >= 11 is 0. The molecule has 0 fully saturated rings. The molecule has 0 aliphatic heterocycles. The Morgan fingerprint density at radius 3 is 1.70 bits per heavy atom. The van der Waals surface area contributed by atoms with E-state index >= 15 is 0 Å². The lowest BCUT2D eigenvalue weighted by molar-refractivity contribution is 0.666. The summed E-state index contributed by atoms with van der Waals surface area (Å²) < 4.78 is 0. The van der Waals surface area contributed by atoms with E-state index in [1.807, 2.05) is 0 Å². The van der Waals surface area contributed by atoms with E-state index in [2.05, 4.69) is 46.1 Å². The summed E-state index contributed by atoms with van der Waals surface area (Å²) in [6, 6.07) is 0.654. The fourth-order valence-corrected chi connectivity index (χ4v) is 2.25. The second kappa shape index (κ2) is 3.53. The van der Waals surface area contributed by atoms with Crippen molar-refractivity contribution in [3.05, 3.63) is 0 Å². The zero-order valence-electron chi connectivity index (χ0n) is 8.15. The van der Waals surface area contributed by atoms with Gasteiger partial charge in [-0.3, -0.25) is 0 Å². The van der Waals surface area contributed by atoms with Crippen molar-refractivity contribution >= 4 is 8.96 Å². The van der Waals surface area contributed by atoms with Crippen molar-refractivity contribution in [3.8, 4) is 0 Å². The van der Waals surface area contributed by atoms with Crippen LogP contribution in [0.5, 0.6) is 0 Å². The third-order valence-electron chi connectivity index (χ3n) is 1.88. The normalized spacial score (nSPS) is 15.9. The van der Waals surface area contributed by atoms with E-state index in [9.17, 15) is 0 Å². The zero-order chi connectivity index (χ0) is 8.36. The lowest BCUT2D eigenvalue weighted by Crippen LogP contribution is -2.42. The van der Waals surface area contributed by atoms with Crippen molar-refractivity contribution in [2.75, 3.05) is 0 Å². The summed E-state index contributed by atoms with van der Waals surface area (Å²) in [5.74, 6) is 0. The average molecular weight is 159 g/mol. The fraction of sp³-hybridized carbons (Fsp3) is 1.00. The topological polar surface area (TPSA) is 12.0 Å². The Bertz CT molecular complexity index is 93.9. The molecule has 2 heteroatoms. The molecule has 0 spiro atoms. The summed E-state index contributed by atoms with van der Waals surface area (Å²) in [6.45, 7) is 13.8. The third kappa shape index (κ3) is 4.07. The first-order chi connectivity index (χ1) is 4.34. The lowest BCUT2D eigenvalue weighted by atomic mass is 10.2. The Kier molecular flexibility index (Phi) is 3.60. The zero-order valence-corrected chi connectivity index (χ0v) is 9.31. The van der Waals surface area contributed by atoms with Crippen LogP contribution in [0.2, 0.25) is 11.6 Å². The number of hydrogen-bond donors (Lipinski definition) is 1. The Labute approximate surface area is 66.9 Å². The third-order valence-corrected chi connectivity index (χ3v) is 5.65. The number of nitrogens with one attached hydrogen (secondary N) is 1. The van der Waals surface area contributed by atoms with E-state index in [1.165, 1.54) is 0 Å². The van der Waals surface area contributed by atoms with Crippen molar-refractivity contribution in [1.29, 1.82) is 0 Å². The summed E-state index contributed by atoms with van der Waals surface area (Å²) in [4.78, 5) is 3.62. The summed E-state index contributed by atoms with van der Waals surface area (Å²) in [7, 11) is -0.698. The van der Waals surface area contributed by atoms with Gasteiger partial charge in [0.15, 0.2) is 0 Å². The maximum absolute atomic E-state index is 3.62. The molecule has 0 saturated heterocycles. The maximum atomic E-state index is 3.62. The second-order valence-corrected chi connectivity index (χ2v) is 7.92. The van der Waals surface area contributed by atoms with Gasteiger partial charge in [0, 0.05) is 0 Å². The molecule has 0 rings (SSSR count). The highest BCUT2D eigenvalue weighted by molar-refractivity contribution is 6.57. The first-order valence-electron chi connectivity index (χ1n) is 4.10. The van der Waals surface area contributed by atoms with Crippen molar-refractivity contribution in [2.24, 2.45) is 0 Å². The van der Waals surface area contributed by atoms with Crippen LogP contribution >= 0.6 is 0 Å². The minimum absolute atomic E-state index is 0.518. The van der Waals surface area contributed by atoms with Gasteiger partial charge in [-0.15, -0.1) is 0 Å². The van der Waals surface area contributed by atoms with Crippen LogP contribution in [0.4, 0.5) is 0 Å². The van der Waals surface area contributed by atoms with Crippen LogP contribution in [0.3, 0.4) is 0 Å². The van der Waals surface area contributed by atoms with Crippen molar-refractivity contribution in [1.82, 2.24) is 4.98 Å². The van der Waals surface area contributed by atoms with Crippen LogP contribution in [-0.2, 0) is 0 Å². The van der Waals surface area contributed by atoms with E-state index in [-0.39, 0.29) is 0 Å². The van der Waals surface area contributed by atoms with Crippen molar-refractivity contribution < 1.29 is 0 Å². The van der Waals surface area contributed by atoms with Gasteiger partial charge in [0.2, 0.25) is 0 Å². The molecule has 0 bridgehead atoms. The number of hydrogen-bond acceptors (Lipinski definition) is 1. The van der Waals surface area contributed by atoms with Crippen molar-refractivity contribution in [2.45, 2.75) is 52.2 Å². The van der Waals surface area contributed by atoms with Crippen LogP contribution in [-0.4, -0.2) is 15.0 Å². The predicted octanol–water partition coefficient (Wildman–Crippen LogP) is 2.14. The molecule has 1 unspecified atom stereocenters. The largest absolute Gasteiger partial charge is 0.337 e. The Balaban J connectivity index is 3.73. The van der Waals surface area contributed by atoms with Gasteiger partial charge in [-0.2, -0.15) is 0 Å². The first-order valence-corrected chi connectivity index (χ1v) is 6.41. The Hall–Kier alpha value is 0.177. The standard InChI is InChI=1S/C8H21NSi/c1-7(2)9-10(6)8(3,4)5/h7,9-10H,1-6H3. The molecular weight excluding hydrogens is 138 g/mol. The fourth-order valence-electron chi connectivity index (χ4n) is 0.750. The van der Waals surface area contributed by atoms with Gasteiger partial charge >= 0.3 is 0 Å². The SMILES string of the molecule is CC(C)N[SiH](C)C(C)(C)C. The van der Waals surface area contributed by atoms with Gasteiger partial charge in [0.1, 0.15) is 8.96 Å². The smallest absolute Gasteiger partial charge is 0.111 e. The minimum atomic E-state index is -0.698. The van der Waals surface area contributed by atoms with Crippen molar-refractivity contribution in [3.63, 3.8) is 0 Å². The van der Waals surface area contributed by atoms with Gasteiger partial charge in [0.05, 0.1) is 0 Å². The molecule has 0 saturated carbocycles. The van der Waals surface area contributed by atoms with Gasteiger partial charge in [-0.25, -0.2) is 0 Å². The molecule has 0 aromatic heterocycles. The lowest BCUT2D eigenvalue weighted by Gasteiger charge is -2.28. The average Bonchev–Trinajstić information content (AvgIpc) is 1.60. The number of rotatable bonds is 2. The quantitative estimate of drug-likeness (QED) is 0.609. The molecule has 0 aromatic rings. The molecule has 10 heavy (non-hydrogen) atoms. The van der Waals surface area contributed by atoms with Crippen LogP contribution in [0.15, 0.2) is 0 Å². The van der Waals surface area contributed by atoms with Gasteiger partial charge in [0.25, 0.3) is 0 Å². The second-order valence-electron chi connectivity index (χ2n) is 4.41. The van der Waals surface area contributed by atoms with Crippen LogP contribution < -0.4 is 4.98 Å². The van der Waals surface area contributed by atoms with Gasteiger partial charge in [-0.1, -0.05) is 41.2 Å². The monoisotopic (exact) mass is 159 g/mol. The van der Waals surface area contributed by atoms with Gasteiger partial charge in [-0.05, 0) is 11.1 Å². The van der Waals surface area contributed by atoms with E-state index in [1.54, 1.807) is 0 Å². The van der Waals surface area contributed by atoms with E-state index in [0.717, 1.165) is 0 Å². The van der Waals surface area contributed by atoms with E-state index < -0.39 is 8.96 Å². The van der Waals surface area contributed by atoms with Crippen LogP contribution in [0, 0.1) is 0 Å². The molecule has 1 atom stereocenters. The molecule has 1 nitrogen and oxygen atoms in total. The van der Waals surface area contributed by atoms with E-state index in [0.29, 0.717) is 11.1 Å². The summed E-state index contributed by atoms with van der Waals surface area (Å²) in [5.41, 5.74) is 0. The molecule has 1 N–H and O–H groups in total. The molecule has 0 radical (unpaired) electrons. The highest BCUT2D eigenvalue weighted by Gasteiger charge is 2.21. The summed E-state index contributed by atoms with van der Waals surface area (Å²) in [5, 5.41) is 0.518. The maximum Gasteiger partial charge on any atom is 0.111 e. The Morgan fingerprint density at radius 2 is 1.60 bits per heavy atom. The highest BCUT2D eigenvalue weighted by Crippen LogP contribution is 2.24.